The van der Waals surface area contributed by atoms with Crippen molar-refractivity contribution in [2.24, 2.45) is 0 Å². The van der Waals surface area contributed by atoms with Crippen LogP contribution in [-0.4, -0.2) is 19.7 Å². The van der Waals surface area contributed by atoms with Gasteiger partial charge in [-0.3, -0.25) is 4.98 Å². The Morgan fingerprint density at radius 1 is 1.15 bits per heavy atom. The Labute approximate surface area is 121 Å². The van der Waals surface area contributed by atoms with E-state index >= 15 is 0 Å². The van der Waals surface area contributed by atoms with E-state index in [1.165, 1.54) is 6.33 Å². The van der Waals surface area contributed by atoms with Gasteiger partial charge in [0.15, 0.2) is 0 Å². The second kappa shape index (κ2) is 5.71. The Bertz CT molecular complexity index is 682. The van der Waals surface area contributed by atoms with E-state index in [-0.39, 0.29) is 0 Å². The molecule has 0 bridgehead atoms. The Balaban J connectivity index is 1.88. The average Bonchev–Trinajstić information content (AvgIpc) is 3.00. The van der Waals surface area contributed by atoms with Crippen molar-refractivity contribution >= 4 is 17.3 Å². The first-order valence-corrected chi connectivity index (χ1v) is 6.49. The molecule has 2 aromatic heterocycles. The first-order chi connectivity index (χ1) is 9.84. The first kappa shape index (κ1) is 12.6. The highest BCUT2D eigenvalue weighted by Gasteiger charge is 2.09. The van der Waals surface area contributed by atoms with Crippen LogP contribution in [0.2, 0.25) is 5.02 Å². The SMILES string of the molecule is Clc1cccc(NCc2ccccn2)c1-n1cncn1. The number of hydrogen-bond donors (Lipinski definition) is 1. The Morgan fingerprint density at radius 3 is 2.85 bits per heavy atom. The lowest BCUT2D eigenvalue weighted by Gasteiger charge is -2.12. The zero-order valence-corrected chi connectivity index (χ0v) is 11.3. The van der Waals surface area contributed by atoms with E-state index in [9.17, 15) is 0 Å². The number of hydrogen-bond acceptors (Lipinski definition) is 4. The Kier molecular flexibility index (Phi) is 3.60. The monoisotopic (exact) mass is 285 g/mol. The Morgan fingerprint density at radius 2 is 2.10 bits per heavy atom. The summed E-state index contributed by atoms with van der Waals surface area (Å²) in [4.78, 5) is 8.23. The van der Waals surface area contributed by atoms with Crippen molar-refractivity contribution < 1.29 is 0 Å². The van der Waals surface area contributed by atoms with Gasteiger partial charge < -0.3 is 5.32 Å². The molecule has 0 saturated carbocycles. The number of halogens is 1. The molecule has 0 saturated heterocycles. The standard InChI is InChI=1S/C14H12ClN5/c15-12-5-3-6-13(14(12)20-10-16-9-19-20)18-8-11-4-1-2-7-17-11/h1-7,9-10,18H,8H2. The number of nitrogens with zero attached hydrogens (tertiary/aromatic N) is 4. The molecule has 1 N–H and O–H groups in total. The van der Waals surface area contributed by atoms with Crippen LogP contribution in [-0.2, 0) is 6.54 Å². The molecule has 5 nitrogen and oxygen atoms in total. The summed E-state index contributed by atoms with van der Waals surface area (Å²) in [5.41, 5.74) is 2.62. The molecular formula is C14H12ClN5. The summed E-state index contributed by atoms with van der Waals surface area (Å²) in [6, 6.07) is 11.5. The third kappa shape index (κ3) is 2.62. The number of pyridine rings is 1. The average molecular weight is 286 g/mol. The molecule has 0 atom stereocenters. The summed E-state index contributed by atoms with van der Waals surface area (Å²) < 4.78 is 1.64. The van der Waals surface area contributed by atoms with Crippen LogP contribution in [0.4, 0.5) is 5.69 Å². The van der Waals surface area contributed by atoms with Gasteiger partial charge in [0.05, 0.1) is 22.9 Å². The summed E-state index contributed by atoms with van der Waals surface area (Å²) in [5, 5.41) is 8.06. The van der Waals surface area contributed by atoms with Crippen molar-refractivity contribution in [3.05, 3.63) is 66.0 Å². The van der Waals surface area contributed by atoms with Crippen molar-refractivity contribution in [1.29, 1.82) is 0 Å². The maximum atomic E-state index is 6.26. The highest BCUT2D eigenvalue weighted by molar-refractivity contribution is 6.33. The minimum atomic E-state index is 0.613. The number of benzene rings is 1. The molecule has 0 radical (unpaired) electrons. The largest absolute Gasteiger partial charge is 0.378 e. The molecule has 3 rings (SSSR count). The van der Waals surface area contributed by atoms with Gasteiger partial charge in [0.2, 0.25) is 0 Å². The van der Waals surface area contributed by atoms with Crippen molar-refractivity contribution in [1.82, 2.24) is 19.7 Å². The number of nitrogens with one attached hydrogen (secondary N) is 1. The lowest BCUT2D eigenvalue weighted by atomic mass is 10.2. The normalized spacial score (nSPS) is 10.4. The zero-order valence-electron chi connectivity index (χ0n) is 10.6. The molecule has 1 aromatic carbocycles. The van der Waals surface area contributed by atoms with E-state index in [4.69, 9.17) is 11.6 Å². The molecule has 0 spiro atoms. The molecule has 0 fully saturated rings. The lowest BCUT2D eigenvalue weighted by Crippen LogP contribution is -2.06. The predicted octanol–water partition coefficient (Wildman–Crippen LogP) is 2.93. The molecule has 0 aliphatic carbocycles. The van der Waals surface area contributed by atoms with Gasteiger partial charge in [-0.1, -0.05) is 23.7 Å². The van der Waals surface area contributed by atoms with Crippen molar-refractivity contribution in [2.75, 3.05) is 5.32 Å². The molecule has 0 aliphatic rings. The fourth-order valence-electron chi connectivity index (χ4n) is 1.90. The van der Waals surface area contributed by atoms with Crippen molar-refractivity contribution in [3.8, 4) is 5.69 Å². The highest BCUT2D eigenvalue weighted by atomic mass is 35.5. The van der Waals surface area contributed by atoms with Crippen LogP contribution in [0, 0.1) is 0 Å². The van der Waals surface area contributed by atoms with Crippen molar-refractivity contribution in [3.63, 3.8) is 0 Å². The van der Waals surface area contributed by atoms with E-state index in [2.05, 4.69) is 20.4 Å². The number of para-hydroxylation sites is 1. The van der Waals surface area contributed by atoms with E-state index < -0.39 is 0 Å². The molecule has 100 valence electrons. The summed E-state index contributed by atoms with van der Waals surface area (Å²) in [6.45, 7) is 0.614. The summed E-state index contributed by atoms with van der Waals surface area (Å²) in [6.07, 6.45) is 4.87. The van der Waals surface area contributed by atoms with Crippen molar-refractivity contribution in [2.45, 2.75) is 6.54 Å². The van der Waals surface area contributed by atoms with Crippen LogP contribution in [0.1, 0.15) is 5.69 Å². The third-order valence-corrected chi connectivity index (χ3v) is 3.13. The smallest absolute Gasteiger partial charge is 0.138 e. The summed E-state index contributed by atoms with van der Waals surface area (Å²) in [7, 11) is 0. The van der Waals surface area contributed by atoms with Gasteiger partial charge in [-0.05, 0) is 24.3 Å². The molecule has 2 heterocycles. The number of rotatable bonds is 4. The molecule has 3 aromatic rings. The Hall–Kier alpha value is -2.40. The topological polar surface area (TPSA) is 55.6 Å². The minimum Gasteiger partial charge on any atom is -0.378 e. The van der Waals surface area contributed by atoms with Gasteiger partial charge in [-0.15, -0.1) is 0 Å². The van der Waals surface area contributed by atoms with Crippen LogP contribution in [0.5, 0.6) is 0 Å². The second-order valence-corrected chi connectivity index (χ2v) is 4.56. The summed E-state index contributed by atoms with van der Waals surface area (Å²) >= 11 is 6.26. The van der Waals surface area contributed by atoms with Crippen LogP contribution in [0.25, 0.3) is 5.69 Å². The van der Waals surface area contributed by atoms with E-state index in [0.717, 1.165) is 17.1 Å². The quantitative estimate of drug-likeness (QED) is 0.801. The van der Waals surface area contributed by atoms with Crippen LogP contribution in [0.3, 0.4) is 0 Å². The molecule has 0 aliphatic heterocycles. The van der Waals surface area contributed by atoms with E-state index in [1.807, 2.05) is 36.4 Å². The van der Waals surface area contributed by atoms with Crippen LogP contribution >= 0.6 is 11.6 Å². The molecule has 0 unspecified atom stereocenters. The van der Waals surface area contributed by atoms with E-state index in [0.29, 0.717) is 11.6 Å². The first-order valence-electron chi connectivity index (χ1n) is 6.12. The number of aromatic nitrogens is 4. The van der Waals surface area contributed by atoms with Gasteiger partial charge in [0.1, 0.15) is 18.3 Å². The second-order valence-electron chi connectivity index (χ2n) is 4.15. The molecule has 20 heavy (non-hydrogen) atoms. The number of anilines is 1. The van der Waals surface area contributed by atoms with Gasteiger partial charge in [-0.25, -0.2) is 9.67 Å². The highest BCUT2D eigenvalue weighted by Crippen LogP contribution is 2.27. The van der Waals surface area contributed by atoms with Gasteiger partial charge in [0.25, 0.3) is 0 Å². The predicted molar refractivity (Wildman–Crippen MR) is 77.9 cm³/mol. The fraction of sp³-hybridized carbons (Fsp3) is 0.0714. The maximum Gasteiger partial charge on any atom is 0.138 e. The lowest BCUT2D eigenvalue weighted by molar-refractivity contribution is 0.877. The van der Waals surface area contributed by atoms with Crippen LogP contribution in [0.15, 0.2) is 55.2 Å². The third-order valence-electron chi connectivity index (χ3n) is 2.82. The minimum absolute atomic E-state index is 0.613. The summed E-state index contributed by atoms with van der Waals surface area (Å²) in [5.74, 6) is 0. The van der Waals surface area contributed by atoms with Gasteiger partial charge in [-0.2, -0.15) is 5.10 Å². The molecule has 6 heteroatoms. The molecule has 0 amide bonds. The van der Waals surface area contributed by atoms with Gasteiger partial charge in [0, 0.05) is 6.20 Å². The fourth-order valence-corrected chi connectivity index (χ4v) is 2.16. The van der Waals surface area contributed by atoms with Gasteiger partial charge >= 0.3 is 0 Å². The molecular weight excluding hydrogens is 274 g/mol. The maximum absolute atomic E-state index is 6.26. The van der Waals surface area contributed by atoms with Crippen LogP contribution < -0.4 is 5.32 Å². The zero-order chi connectivity index (χ0) is 13.8. The van der Waals surface area contributed by atoms with E-state index in [1.54, 1.807) is 17.2 Å².